The summed E-state index contributed by atoms with van der Waals surface area (Å²) in [6.45, 7) is 3.26. The molecule has 2 heterocycles. The molecule has 0 saturated carbocycles. The van der Waals surface area contributed by atoms with Crippen LogP contribution in [0.3, 0.4) is 0 Å². The Hall–Kier alpha value is -2.03. The average molecular weight is 359 g/mol. The summed E-state index contributed by atoms with van der Waals surface area (Å²) in [5, 5.41) is 2.80. The first-order chi connectivity index (χ1) is 12.5. The number of hydrogen-bond acceptors (Lipinski definition) is 6. The summed E-state index contributed by atoms with van der Waals surface area (Å²) in [6.07, 6.45) is 6.25. The van der Waals surface area contributed by atoms with Gasteiger partial charge < -0.3 is 31.0 Å². The monoisotopic (exact) mass is 359 g/mol. The van der Waals surface area contributed by atoms with Gasteiger partial charge in [-0.1, -0.05) is 36.4 Å². The van der Waals surface area contributed by atoms with E-state index in [-0.39, 0.29) is 5.91 Å². The molecule has 5 N–H and O–H groups in total. The van der Waals surface area contributed by atoms with Crippen molar-refractivity contribution in [2.45, 2.75) is 24.3 Å². The van der Waals surface area contributed by atoms with Crippen LogP contribution in [-0.2, 0) is 19.0 Å². The Labute approximate surface area is 153 Å². The van der Waals surface area contributed by atoms with Crippen molar-refractivity contribution in [3.8, 4) is 0 Å². The number of hydrogen-bond donors (Lipinski definition) is 3. The highest BCUT2D eigenvalue weighted by atomic mass is 16.6. The van der Waals surface area contributed by atoms with Crippen LogP contribution in [0, 0.1) is 0 Å². The highest BCUT2D eigenvalue weighted by Gasteiger charge is 2.26. The molecule has 1 aromatic carbocycles. The average Bonchev–Trinajstić information content (AvgIpc) is 3.51. The zero-order chi connectivity index (χ0) is 18.4. The molecular weight excluding hydrogens is 334 g/mol. The van der Waals surface area contributed by atoms with Gasteiger partial charge in [-0.15, -0.1) is 0 Å². The largest absolute Gasteiger partial charge is 0.376 e. The van der Waals surface area contributed by atoms with Crippen LogP contribution in [0.4, 0.5) is 5.69 Å². The SMILES string of the molecule is C(OCC1CO1)C1CO1.NC1(N)C=CC=C(C(=O)Nc2ccccc2)C1. The molecule has 2 atom stereocenters. The first-order valence-electron chi connectivity index (χ1n) is 8.65. The lowest BCUT2D eigenvalue weighted by molar-refractivity contribution is -0.113. The molecule has 0 bridgehead atoms. The first-order valence-corrected chi connectivity index (χ1v) is 8.65. The molecule has 1 aliphatic carbocycles. The van der Waals surface area contributed by atoms with Crippen LogP contribution in [0.25, 0.3) is 0 Å². The van der Waals surface area contributed by atoms with Crippen molar-refractivity contribution in [3.63, 3.8) is 0 Å². The van der Waals surface area contributed by atoms with E-state index in [9.17, 15) is 4.79 Å². The molecule has 2 fully saturated rings. The van der Waals surface area contributed by atoms with Crippen LogP contribution in [-0.4, -0.2) is 50.2 Å². The minimum absolute atomic E-state index is 0.166. The predicted octanol–water partition coefficient (Wildman–Crippen LogP) is 0.926. The van der Waals surface area contributed by atoms with Crippen molar-refractivity contribution in [3.05, 3.63) is 54.1 Å². The van der Waals surface area contributed by atoms with Gasteiger partial charge in [0.15, 0.2) is 0 Å². The lowest BCUT2D eigenvalue weighted by Crippen LogP contribution is -2.49. The van der Waals surface area contributed by atoms with E-state index in [1.54, 1.807) is 18.2 Å². The molecule has 2 aliphatic heterocycles. The van der Waals surface area contributed by atoms with Crippen molar-refractivity contribution in [2.24, 2.45) is 11.5 Å². The molecular formula is C19H25N3O4. The van der Waals surface area contributed by atoms with Crippen LogP contribution in [0.5, 0.6) is 0 Å². The smallest absolute Gasteiger partial charge is 0.251 e. The zero-order valence-electron chi connectivity index (χ0n) is 14.6. The maximum absolute atomic E-state index is 11.9. The fourth-order valence-electron chi connectivity index (χ4n) is 2.34. The number of allylic oxidation sites excluding steroid dienone is 2. The second-order valence-electron chi connectivity index (χ2n) is 6.61. The molecule has 3 aliphatic rings. The van der Waals surface area contributed by atoms with Gasteiger partial charge >= 0.3 is 0 Å². The number of nitrogens with two attached hydrogens (primary N) is 2. The number of epoxide rings is 2. The van der Waals surface area contributed by atoms with E-state index < -0.39 is 5.66 Å². The Bertz CT molecular complexity index is 653. The second-order valence-corrected chi connectivity index (χ2v) is 6.61. The molecule has 0 spiro atoms. The third kappa shape index (κ3) is 6.70. The molecule has 140 valence electrons. The van der Waals surface area contributed by atoms with Crippen molar-refractivity contribution in [1.29, 1.82) is 0 Å². The highest BCUT2D eigenvalue weighted by molar-refractivity contribution is 6.04. The molecule has 0 aromatic heterocycles. The Morgan fingerprint density at radius 3 is 2.31 bits per heavy atom. The predicted molar refractivity (Wildman–Crippen MR) is 98.3 cm³/mol. The Morgan fingerprint density at radius 2 is 1.77 bits per heavy atom. The van der Waals surface area contributed by atoms with E-state index in [2.05, 4.69) is 5.32 Å². The number of ether oxygens (including phenoxy) is 3. The summed E-state index contributed by atoms with van der Waals surface area (Å²) in [5.41, 5.74) is 11.9. The van der Waals surface area contributed by atoms with E-state index in [1.807, 2.05) is 30.3 Å². The summed E-state index contributed by atoms with van der Waals surface area (Å²) in [4.78, 5) is 11.9. The Balaban J connectivity index is 0.000000181. The van der Waals surface area contributed by atoms with Crippen LogP contribution in [0.15, 0.2) is 54.1 Å². The van der Waals surface area contributed by atoms with Crippen LogP contribution in [0.2, 0.25) is 0 Å². The number of nitrogens with one attached hydrogen (secondary N) is 1. The van der Waals surface area contributed by atoms with E-state index >= 15 is 0 Å². The van der Waals surface area contributed by atoms with E-state index in [1.165, 1.54) is 0 Å². The molecule has 1 amide bonds. The van der Waals surface area contributed by atoms with Crippen molar-refractivity contribution < 1.29 is 19.0 Å². The number of benzene rings is 1. The van der Waals surface area contributed by atoms with Gasteiger partial charge in [0.25, 0.3) is 5.91 Å². The van der Waals surface area contributed by atoms with Gasteiger partial charge in [-0.05, 0) is 12.1 Å². The summed E-state index contributed by atoms with van der Waals surface area (Å²) in [6, 6.07) is 9.27. The number of carbonyl (C=O) groups is 1. The lowest BCUT2D eigenvalue weighted by Gasteiger charge is -2.24. The Kier molecular flexibility index (Phi) is 6.18. The summed E-state index contributed by atoms with van der Waals surface area (Å²) < 4.78 is 15.1. The van der Waals surface area contributed by atoms with E-state index in [4.69, 9.17) is 25.7 Å². The maximum Gasteiger partial charge on any atom is 0.251 e. The first kappa shape index (κ1) is 18.8. The molecule has 26 heavy (non-hydrogen) atoms. The van der Waals surface area contributed by atoms with Gasteiger partial charge in [0.05, 0.1) is 32.1 Å². The molecule has 7 nitrogen and oxygen atoms in total. The van der Waals surface area contributed by atoms with Crippen LogP contribution >= 0.6 is 0 Å². The van der Waals surface area contributed by atoms with Gasteiger partial charge in [0, 0.05) is 17.7 Å². The van der Waals surface area contributed by atoms with Gasteiger partial charge in [-0.2, -0.15) is 0 Å². The van der Waals surface area contributed by atoms with Gasteiger partial charge in [-0.25, -0.2) is 0 Å². The van der Waals surface area contributed by atoms with E-state index in [0.29, 0.717) is 24.2 Å². The number of anilines is 1. The van der Waals surface area contributed by atoms with Gasteiger partial charge in [0.1, 0.15) is 12.2 Å². The van der Waals surface area contributed by atoms with E-state index in [0.717, 1.165) is 32.1 Å². The van der Waals surface area contributed by atoms with Crippen LogP contribution in [0.1, 0.15) is 6.42 Å². The summed E-state index contributed by atoms with van der Waals surface area (Å²) >= 11 is 0. The minimum Gasteiger partial charge on any atom is -0.376 e. The maximum atomic E-state index is 11.9. The van der Waals surface area contributed by atoms with Crippen molar-refractivity contribution >= 4 is 11.6 Å². The molecule has 2 saturated heterocycles. The normalized spacial score (nSPS) is 24.8. The summed E-state index contributed by atoms with van der Waals surface area (Å²) in [5.74, 6) is -0.166. The second kappa shape index (κ2) is 8.57. The number of amides is 1. The lowest BCUT2D eigenvalue weighted by atomic mass is 9.95. The molecule has 7 heteroatoms. The third-order valence-corrected chi connectivity index (χ3v) is 3.94. The molecule has 2 unspecified atom stereocenters. The third-order valence-electron chi connectivity index (χ3n) is 3.94. The molecule has 4 rings (SSSR count). The number of carbonyl (C=O) groups excluding carboxylic acids is 1. The van der Waals surface area contributed by atoms with Crippen molar-refractivity contribution in [2.75, 3.05) is 31.7 Å². The van der Waals surface area contributed by atoms with Crippen molar-refractivity contribution in [1.82, 2.24) is 0 Å². The highest BCUT2D eigenvalue weighted by Crippen LogP contribution is 2.18. The zero-order valence-corrected chi connectivity index (χ0v) is 14.6. The molecule has 0 radical (unpaired) electrons. The molecule has 1 aromatic rings. The number of para-hydroxylation sites is 1. The standard InChI is InChI=1S/C13H15N3O.C6H10O3/c14-13(15)8-4-5-10(9-13)12(17)16-11-6-2-1-3-7-11;1(5-3-8-5)7-2-6-4-9-6/h1-8H,9,14-15H2,(H,16,17);5-6H,1-4H2. The Morgan fingerprint density at radius 1 is 1.15 bits per heavy atom. The van der Waals surface area contributed by atoms with Gasteiger partial charge in [0.2, 0.25) is 0 Å². The fraction of sp³-hybridized carbons (Fsp3) is 0.421. The quantitative estimate of drug-likeness (QED) is 0.514. The summed E-state index contributed by atoms with van der Waals surface area (Å²) in [7, 11) is 0. The van der Waals surface area contributed by atoms with Crippen LogP contribution < -0.4 is 16.8 Å². The fourth-order valence-corrected chi connectivity index (χ4v) is 2.34. The van der Waals surface area contributed by atoms with Gasteiger partial charge in [-0.3, -0.25) is 4.79 Å². The number of rotatable bonds is 6. The minimum atomic E-state index is -0.932. The topological polar surface area (TPSA) is 115 Å².